The molecule has 2 N–H and O–H groups in total. The third kappa shape index (κ3) is 5.34. The Hall–Kier alpha value is -2.35. The molecule has 0 bridgehead atoms. The van der Waals surface area contributed by atoms with E-state index >= 15 is 0 Å². The summed E-state index contributed by atoms with van der Waals surface area (Å²) in [4.78, 5) is 25.1. The number of nitrogens with one attached hydrogen (secondary N) is 2. The molecule has 152 valence electrons. The highest BCUT2D eigenvalue weighted by molar-refractivity contribution is 7.18. The minimum atomic E-state index is -4.44. The Kier molecular flexibility index (Phi) is 6.23. The molecular formula is C20H23F3N2O2S. The van der Waals surface area contributed by atoms with Gasteiger partial charge in [-0.2, -0.15) is 13.2 Å². The summed E-state index contributed by atoms with van der Waals surface area (Å²) < 4.78 is 38.6. The molecule has 0 aliphatic carbocycles. The second-order valence-electron chi connectivity index (χ2n) is 7.65. The van der Waals surface area contributed by atoms with E-state index in [1.54, 1.807) is 40.7 Å². The van der Waals surface area contributed by atoms with Crippen molar-refractivity contribution in [2.24, 2.45) is 5.41 Å². The molecule has 8 heteroatoms. The van der Waals surface area contributed by atoms with Crippen molar-refractivity contribution in [3.8, 4) is 0 Å². The summed E-state index contributed by atoms with van der Waals surface area (Å²) in [5, 5.41) is 6.05. The molecule has 0 unspecified atom stereocenters. The molecule has 4 nitrogen and oxygen atoms in total. The van der Waals surface area contributed by atoms with Gasteiger partial charge in [0.1, 0.15) is 0 Å². The molecular weight excluding hydrogens is 389 g/mol. The highest BCUT2D eigenvalue weighted by Gasteiger charge is 2.31. The Morgan fingerprint density at radius 3 is 2.32 bits per heavy atom. The lowest BCUT2D eigenvalue weighted by Gasteiger charge is -2.16. The van der Waals surface area contributed by atoms with Crippen molar-refractivity contribution in [2.45, 2.75) is 46.8 Å². The van der Waals surface area contributed by atoms with Gasteiger partial charge in [-0.1, -0.05) is 32.9 Å². The van der Waals surface area contributed by atoms with Gasteiger partial charge in [-0.15, -0.1) is 11.3 Å². The van der Waals surface area contributed by atoms with E-state index < -0.39 is 29.1 Å². The van der Waals surface area contributed by atoms with Gasteiger partial charge in [0, 0.05) is 5.41 Å². The Balaban J connectivity index is 2.14. The molecule has 2 amide bonds. The van der Waals surface area contributed by atoms with Crippen LogP contribution < -0.4 is 10.6 Å². The maximum Gasteiger partial charge on any atom is 0.416 e. The maximum atomic E-state index is 12.9. The van der Waals surface area contributed by atoms with Crippen LogP contribution in [-0.4, -0.2) is 11.8 Å². The van der Waals surface area contributed by atoms with Crippen LogP contribution in [0.1, 0.15) is 60.1 Å². The van der Waals surface area contributed by atoms with Gasteiger partial charge in [-0.3, -0.25) is 9.59 Å². The van der Waals surface area contributed by atoms with E-state index in [1.807, 2.05) is 0 Å². The molecule has 0 aliphatic rings. The summed E-state index contributed by atoms with van der Waals surface area (Å²) in [6.07, 6.45) is -4.44. The van der Waals surface area contributed by atoms with Crippen molar-refractivity contribution < 1.29 is 22.8 Å². The summed E-state index contributed by atoms with van der Waals surface area (Å²) >= 11 is 1.13. The predicted molar refractivity (Wildman–Crippen MR) is 104 cm³/mol. The van der Waals surface area contributed by atoms with Crippen molar-refractivity contribution in [2.75, 3.05) is 5.32 Å². The monoisotopic (exact) mass is 412 g/mol. The number of hydrogen-bond acceptors (Lipinski definition) is 3. The fraction of sp³-hybridized carbons (Fsp3) is 0.400. The first kappa shape index (κ1) is 21.9. The van der Waals surface area contributed by atoms with Gasteiger partial charge in [0.05, 0.1) is 21.5 Å². The van der Waals surface area contributed by atoms with Crippen molar-refractivity contribution in [1.82, 2.24) is 5.32 Å². The van der Waals surface area contributed by atoms with Gasteiger partial charge >= 0.3 is 6.18 Å². The largest absolute Gasteiger partial charge is 0.416 e. The highest BCUT2D eigenvalue weighted by Crippen LogP contribution is 2.32. The van der Waals surface area contributed by atoms with E-state index in [1.165, 1.54) is 12.1 Å². The average Bonchev–Trinajstić information content (AvgIpc) is 2.93. The van der Waals surface area contributed by atoms with Crippen molar-refractivity contribution in [1.29, 1.82) is 0 Å². The van der Waals surface area contributed by atoms with Crippen LogP contribution in [0.4, 0.5) is 18.2 Å². The van der Waals surface area contributed by atoms with E-state index in [2.05, 4.69) is 10.6 Å². The molecule has 0 radical (unpaired) electrons. The van der Waals surface area contributed by atoms with E-state index in [0.717, 1.165) is 23.5 Å². The minimum Gasteiger partial charge on any atom is -0.345 e. The summed E-state index contributed by atoms with van der Waals surface area (Å²) in [6, 6.07) is 5.97. The molecule has 1 heterocycles. The van der Waals surface area contributed by atoms with Crippen LogP contribution >= 0.6 is 11.3 Å². The maximum absolute atomic E-state index is 12.9. The van der Waals surface area contributed by atoms with Crippen LogP contribution in [-0.2, 0) is 11.0 Å². The standard InChI is InChI=1S/C20H23F3N2O2S/c1-11-9-15(25-18(27)19(3,4)5)28-16(11)17(26)24-12(2)13-7-6-8-14(10-13)20(21,22)23/h6-10,12H,1-5H3,(H,24,26)(H,25,27)/t12-/m0/s1. The number of carbonyl (C=O) groups is 2. The normalized spacial score (nSPS) is 13.1. The average molecular weight is 412 g/mol. The zero-order chi connectivity index (χ0) is 21.3. The Morgan fingerprint density at radius 1 is 1.11 bits per heavy atom. The Labute approximate surface area is 166 Å². The fourth-order valence-corrected chi connectivity index (χ4v) is 3.37. The zero-order valence-corrected chi connectivity index (χ0v) is 17.1. The van der Waals surface area contributed by atoms with E-state index in [-0.39, 0.29) is 5.91 Å². The number of anilines is 1. The van der Waals surface area contributed by atoms with E-state index in [9.17, 15) is 22.8 Å². The lowest BCUT2D eigenvalue weighted by Crippen LogP contribution is -2.27. The highest BCUT2D eigenvalue weighted by atomic mass is 32.1. The fourth-order valence-electron chi connectivity index (χ4n) is 2.40. The minimum absolute atomic E-state index is 0.168. The number of rotatable bonds is 4. The van der Waals surface area contributed by atoms with Gasteiger partial charge in [0.2, 0.25) is 5.91 Å². The number of carbonyl (C=O) groups excluding carboxylic acids is 2. The number of hydrogen-bond donors (Lipinski definition) is 2. The quantitative estimate of drug-likeness (QED) is 0.692. The molecule has 2 rings (SSSR count). The number of thiophene rings is 1. The molecule has 0 saturated heterocycles. The topological polar surface area (TPSA) is 58.2 Å². The van der Waals surface area contributed by atoms with Gasteiger partial charge in [-0.25, -0.2) is 0 Å². The number of benzene rings is 1. The van der Waals surface area contributed by atoms with Crippen molar-refractivity contribution >= 4 is 28.2 Å². The van der Waals surface area contributed by atoms with Gasteiger partial charge in [0.25, 0.3) is 5.91 Å². The molecule has 0 aliphatic heterocycles. The molecule has 1 aromatic heterocycles. The number of aryl methyl sites for hydroxylation is 1. The van der Waals surface area contributed by atoms with Gasteiger partial charge < -0.3 is 10.6 Å². The first-order valence-electron chi connectivity index (χ1n) is 8.69. The molecule has 28 heavy (non-hydrogen) atoms. The first-order chi connectivity index (χ1) is 12.8. The Bertz CT molecular complexity index is 882. The van der Waals surface area contributed by atoms with E-state index in [0.29, 0.717) is 21.0 Å². The van der Waals surface area contributed by atoms with Crippen molar-refractivity contribution in [3.05, 3.63) is 51.9 Å². The van der Waals surface area contributed by atoms with Gasteiger partial charge in [-0.05, 0) is 43.2 Å². The van der Waals surface area contributed by atoms with E-state index in [4.69, 9.17) is 0 Å². The molecule has 0 fully saturated rings. The summed E-state index contributed by atoms with van der Waals surface area (Å²) in [6.45, 7) is 8.72. The second kappa shape index (κ2) is 7.95. The summed E-state index contributed by atoms with van der Waals surface area (Å²) in [5.74, 6) is -0.568. The summed E-state index contributed by atoms with van der Waals surface area (Å²) in [5.41, 5.74) is -0.287. The molecule has 0 spiro atoms. The van der Waals surface area contributed by atoms with Crippen LogP contribution in [0.5, 0.6) is 0 Å². The number of halogens is 3. The second-order valence-corrected chi connectivity index (χ2v) is 8.70. The Morgan fingerprint density at radius 2 is 1.75 bits per heavy atom. The van der Waals surface area contributed by atoms with Gasteiger partial charge in [0.15, 0.2) is 0 Å². The third-order valence-corrected chi connectivity index (χ3v) is 5.25. The zero-order valence-electron chi connectivity index (χ0n) is 16.3. The van der Waals surface area contributed by atoms with Crippen LogP contribution in [0.25, 0.3) is 0 Å². The van der Waals surface area contributed by atoms with Crippen LogP contribution in [0.3, 0.4) is 0 Å². The first-order valence-corrected chi connectivity index (χ1v) is 9.50. The number of amides is 2. The molecule has 0 saturated carbocycles. The van der Waals surface area contributed by atoms with Crippen LogP contribution in [0.15, 0.2) is 30.3 Å². The molecule has 2 aromatic rings. The van der Waals surface area contributed by atoms with Crippen LogP contribution in [0.2, 0.25) is 0 Å². The predicted octanol–water partition coefficient (Wildman–Crippen LogP) is 5.55. The lowest BCUT2D eigenvalue weighted by atomic mass is 9.96. The lowest BCUT2D eigenvalue weighted by molar-refractivity contribution is -0.137. The SMILES string of the molecule is Cc1cc(NC(=O)C(C)(C)C)sc1C(=O)N[C@@H](C)c1cccc(C(F)(F)F)c1. The smallest absolute Gasteiger partial charge is 0.345 e. The third-order valence-electron chi connectivity index (χ3n) is 4.10. The molecule has 1 aromatic carbocycles. The summed E-state index contributed by atoms with van der Waals surface area (Å²) in [7, 11) is 0. The molecule has 1 atom stereocenters. The van der Waals surface area contributed by atoms with Crippen LogP contribution in [0, 0.1) is 12.3 Å². The number of alkyl halides is 3. The van der Waals surface area contributed by atoms with Crippen molar-refractivity contribution in [3.63, 3.8) is 0 Å².